The molecule has 0 amide bonds. The zero-order valence-corrected chi connectivity index (χ0v) is 13.2. The summed E-state index contributed by atoms with van der Waals surface area (Å²) in [5, 5.41) is 3.36. The molecule has 0 spiro atoms. The highest BCUT2D eigenvalue weighted by Gasteiger charge is 2.16. The maximum Gasteiger partial charge on any atom is 0.127 e. The summed E-state index contributed by atoms with van der Waals surface area (Å²) < 4.78 is 16.4. The molecule has 21 heavy (non-hydrogen) atoms. The fourth-order valence-electron chi connectivity index (χ4n) is 2.72. The second-order valence-corrected chi connectivity index (χ2v) is 5.60. The summed E-state index contributed by atoms with van der Waals surface area (Å²) in [6.07, 6.45) is 5.28. The molecule has 0 atom stereocenters. The number of ether oxygens (including phenoxy) is 3. The van der Waals surface area contributed by atoms with Crippen LogP contribution in [0.25, 0.3) is 0 Å². The first-order chi connectivity index (χ1) is 10.3. The van der Waals surface area contributed by atoms with E-state index in [-0.39, 0.29) is 0 Å². The van der Waals surface area contributed by atoms with Gasteiger partial charge in [0.2, 0.25) is 0 Å². The van der Waals surface area contributed by atoms with E-state index in [0.29, 0.717) is 12.5 Å². The Kier molecular flexibility index (Phi) is 6.83. The van der Waals surface area contributed by atoms with Crippen LogP contribution in [0, 0.1) is 5.92 Å². The first-order valence-electron chi connectivity index (χ1n) is 7.83. The second-order valence-electron chi connectivity index (χ2n) is 5.60. The Bertz CT molecular complexity index is 416. The molecule has 0 aliphatic heterocycles. The van der Waals surface area contributed by atoms with Crippen LogP contribution in [0.2, 0.25) is 0 Å². The lowest BCUT2D eigenvalue weighted by molar-refractivity contribution is 0.198. The first kappa shape index (κ1) is 16.1. The standard InChI is InChI=1S/C17H27NO3/c1-19-10-9-18-12-15-7-8-16(20-2)11-17(15)21-13-14-5-3-4-6-14/h7-8,11,14,18H,3-6,9-10,12-13H2,1-2H3. The summed E-state index contributed by atoms with van der Waals surface area (Å²) in [6.45, 7) is 3.16. The van der Waals surface area contributed by atoms with E-state index in [2.05, 4.69) is 11.4 Å². The molecule has 4 heteroatoms. The monoisotopic (exact) mass is 293 g/mol. The average Bonchev–Trinajstić information content (AvgIpc) is 3.03. The third-order valence-corrected chi connectivity index (χ3v) is 4.02. The van der Waals surface area contributed by atoms with Crippen molar-refractivity contribution in [2.24, 2.45) is 5.92 Å². The number of rotatable bonds is 9. The summed E-state index contributed by atoms with van der Waals surface area (Å²) in [7, 11) is 3.40. The van der Waals surface area contributed by atoms with Gasteiger partial charge in [-0.3, -0.25) is 0 Å². The van der Waals surface area contributed by atoms with Crippen LogP contribution >= 0.6 is 0 Å². The molecule has 1 aliphatic rings. The molecule has 0 heterocycles. The van der Waals surface area contributed by atoms with Crippen LogP contribution in [-0.2, 0) is 11.3 Å². The molecule has 1 saturated carbocycles. The van der Waals surface area contributed by atoms with Crippen molar-refractivity contribution in [3.8, 4) is 11.5 Å². The maximum atomic E-state index is 6.07. The predicted octanol–water partition coefficient (Wildman–Crippen LogP) is 3.00. The third-order valence-electron chi connectivity index (χ3n) is 4.02. The van der Waals surface area contributed by atoms with Gasteiger partial charge in [0.15, 0.2) is 0 Å². The molecule has 0 radical (unpaired) electrons. The van der Waals surface area contributed by atoms with Crippen molar-refractivity contribution in [2.75, 3.05) is 34.0 Å². The molecule has 118 valence electrons. The van der Waals surface area contributed by atoms with Gasteiger partial charge in [-0.25, -0.2) is 0 Å². The molecule has 4 nitrogen and oxygen atoms in total. The Morgan fingerprint density at radius 1 is 1.19 bits per heavy atom. The number of benzene rings is 1. The van der Waals surface area contributed by atoms with Crippen LogP contribution in [0.3, 0.4) is 0 Å². The van der Waals surface area contributed by atoms with Crippen LogP contribution in [-0.4, -0.2) is 34.0 Å². The SMILES string of the molecule is COCCNCc1ccc(OC)cc1OCC1CCCC1. The van der Waals surface area contributed by atoms with Gasteiger partial charge in [0.05, 0.1) is 20.3 Å². The van der Waals surface area contributed by atoms with E-state index in [4.69, 9.17) is 14.2 Å². The average molecular weight is 293 g/mol. The molecule has 0 aromatic heterocycles. The Hall–Kier alpha value is -1.26. The maximum absolute atomic E-state index is 6.07. The van der Waals surface area contributed by atoms with E-state index in [1.807, 2.05) is 12.1 Å². The lowest BCUT2D eigenvalue weighted by Gasteiger charge is -2.16. The summed E-state index contributed by atoms with van der Waals surface area (Å²) in [4.78, 5) is 0. The van der Waals surface area contributed by atoms with Crippen LogP contribution in [0.5, 0.6) is 11.5 Å². The van der Waals surface area contributed by atoms with Crippen molar-refractivity contribution in [1.29, 1.82) is 0 Å². The highest BCUT2D eigenvalue weighted by Crippen LogP contribution is 2.29. The molecule has 0 bridgehead atoms. The molecular formula is C17H27NO3. The van der Waals surface area contributed by atoms with Gasteiger partial charge in [-0.15, -0.1) is 0 Å². The zero-order valence-electron chi connectivity index (χ0n) is 13.2. The largest absolute Gasteiger partial charge is 0.497 e. The van der Waals surface area contributed by atoms with E-state index in [1.54, 1.807) is 14.2 Å². The van der Waals surface area contributed by atoms with Gasteiger partial charge in [0, 0.05) is 31.8 Å². The van der Waals surface area contributed by atoms with Crippen LogP contribution in [0.4, 0.5) is 0 Å². The van der Waals surface area contributed by atoms with Gasteiger partial charge < -0.3 is 19.5 Å². The van der Waals surface area contributed by atoms with Crippen molar-refractivity contribution in [1.82, 2.24) is 5.32 Å². The Labute approximate surface area is 127 Å². The minimum absolute atomic E-state index is 0.713. The van der Waals surface area contributed by atoms with Crippen LogP contribution < -0.4 is 14.8 Å². The topological polar surface area (TPSA) is 39.7 Å². The fraction of sp³-hybridized carbons (Fsp3) is 0.647. The number of nitrogens with one attached hydrogen (secondary N) is 1. The van der Waals surface area contributed by atoms with Crippen molar-refractivity contribution in [2.45, 2.75) is 32.2 Å². The van der Waals surface area contributed by atoms with Crippen molar-refractivity contribution in [3.63, 3.8) is 0 Å². The summed E-state index contributed by atoms with van der Waals surface area (Å²) in [6, 6.07) is 6.04. The van der Waals surface area contributed by atoms with Gasteiger partial charge in [0.1, 0.15) is 11.5 Å². The summed E-state index contributed by atoms with van der Waals surface area (Å²) >= 11 is 0. The Balaban J connectivity index is 1.93. The van der Waals surface area contributed by atoms with E-state index in [9.17, 15) is 0 Å². The Morgan fingerprint density at radius 3 is 2.71 bits per heavy atom. The lowest BCUT2D eigenvalue weighted by Crippen LogP contribution is -2.19. The lowest BCUT2D eigenvalue weighted by atomic mass is 10.1. The molecule has 1 fully saturated rings. The predicted molar refractivity (Wildman–Crippen MR) is 84.0 cm³/mol. The van der Waals surface area contributed by atoms with Crippen molar-refractivity contribution in [3.05, 3.63) is 23.8 Å². The zero-order chi connectivity index (χ0) is 14.9. The van der Waals surface area contributed by atoms with E-state index in [0.717, 1.165) is 31.2 Å². The summed E-state index contributed by atoms with van der Waals surface area (Å²) in [5.41, 5.74) is 1.17. The highest BCUT2D eigenvalue weighted by molar-refractivity contribution is 5.40. The molecule has 1 aromatic rings. The second kappa shape index (κ2) is 8.90. The molecule has 1 aliphatic carbocycles. The number of methoxy groups -OCH3 is 2. The molecule has 0 saturated heterocycles. The van der Waals surface area contributed by atoms with E-state index >= 15 is 0 Å². The highest BCUT2D eigenvalue weighted by atomic mass is 16.5. The smallest absolute Gasteiger partial charge is 0.127 e. The minimum atomic E-state index is 0.713. The van der Waals surface area contributed by atoms with Gasteiger partial charge in [0.25, 0.3) is 0 Å². The Morgan fingerprint density at radius 2 is 2.00 bits per heavy atom. The molecule has 1 N–H and O–H groups in total. The van der Waals surface area contributed by atoms with Gasteiger partial charge in [-0.05, 0) is 24.8 Å². The van der Waals surface area contributed by atoms with Crippen LogP contribution in [0.15, 0.2) is 18.2 Å². The normalized spacial score (nSPS) is 15.3. The molecule has 0 unspecified atom stereocenters. The molecule has 2 rings (SSSR count). The molecular weight excluding hydrogens is 266 g/mol. The summed E-state index contributed by atoms with van der Waals surface area (Å²) in [5.74, 6) is 2.49. The van der Waals surface area contributed by atoms with Gasteiger partial charge >= 0.3 is 0 Å². The first-order valence-corrected chi connectivity index (χ1v) is 7.83. The minimum Gasteiger partial charge on any atom is -0.497 e. The fourth-order valence-corrected chi connectivity index (χ4v) is 2.72. The van der Waals surface area contributed by atoms with Crippen molar-refractivity contribution >= 4 is 0 Å². The van der Waals surface area contributed by atoms with E-state index < -0.39 is 0 Å². The van der Waals surface area contributed by atoms with Gasteiger partial charge in [-0.1, -0.05) is 18.9 Å². The van der Waals surface area contributed by atoms with Crippen LogP contribution in [0.1, 0.15) is 31.2 Å². The van der Waals surface area contributed by atoms with Gasteiger partial charge in [-0.2, -0.15) is 0 Å². The van der Waals surface area contributed by atoms with Crippen molar-refractivity contribution < 1.29 is 14.2 Å². The quantitative estimate of drug-likeness (QED) is 0.711. The third kappa shape index (κ3) is 5.21. The van der Waals surface area contributed by atoms with E-state index in [1.165, 1.54) is 31.2 Å². The number of hydrogen-bond donors (Lipinski definition) is 1. The number of hydrogen-bond acceptors (Lipinski definition) is 4. The molecule has 1 aromatic carbocycles.